The maximum Gasteiger partial charge on any atom is 0.326 e. The van der Waals surface area contributed by atoms with E-state index in [0.29, 0.717) is 33.6 Å². The number of carbonyl (C=O) groups is 4. The smallest absolute Gasteiger partial charge is 0.326 e. The molecule has 2 unspecified atom stereocenters. The Kier molecular flexibility index (Phi) is 6.56. The molecule has 0 heterocycles. The molecule has 2 aromatic carbocycles. The highest BCUT2D eigenvalue weighted by atomic mass is 32.2. The number of nitrogens with one attached hydrogen (secondary N) is 2. The van der Waals surface area contributed by atoms with Gasteiger partial charge in [0.15, 0.2) is 5.78 Å². The molecule has 7 nitrogen and oxygen atoms in total. The first-order valence-electron chi connectivity index (χ1n) is 9.45. The van der Waals surface area contributed by atoms with Crippen LogP contribution >= 0.6 is 11.8 Å². The molecular weight excluding hydrogens is 404 g/mol. The first kappa shape index (κ1) is 21.6. The molecule has 0 saturated heterocycles. The van der Waals surface area contributed by atoms with Crippen LogP contribution in [0.2, 0.25) is 0 Å². The molecular formula is C22H22N2O5S. The SMILES string of the molecule is CSCCC(NC(=O)C(C)NC(=O)c1cccc2c1-c1ccccc1C2=O)C(=O)O. The third-order valence-electron chi connectivity index (χ3n) is 4.96. The number of ketones is 1. The Morgan fingerprint density at radius 1 is 1.00 bits per heavy atom. The molecule has 1 aliphatic rings. The third-order valence-corrected chi connectivity index (χ3v) is 5.60. The molecule has 156 valence electrons. The standard InChI is InChI=1S/C22H22N2O5S/c1-12(20(26)24-17(22(28)29)10-11-30-2)23-21(27)16-9-5-8-15-18(16)13-6-3-4-7-14(13)19(15)25/h3-9,12,17H,10-11H2,1-2H3,(H,23,27)(H,24,26)(H,28,29). The van der Waals surface area contributed by atoms with Gasteiger partial charge in [-0.1, -0.05) is 36.4 Å². The maximum atomic E-state index is 12.9. The zero-order chi connectivity index (χ0) is 21.8. The quantitative estimate of drug-likeness (QED) is 0.510. The van der Waals surface area contributed by atoms with Crippen LogP contribution < -0.4 is 10.6 Å². The van der Waals surface area contributed by atoms with Gasteiger partial charge < -0.3 is 15.7 Å². The number of carboxylic acids is 1. The summed E-state index contributed by atoms with van der Waals surface area (Å²) >= 11 is 1.48. The van der Waals surface area contributed by atoms with Gasteiger partial charge in [0.1, 0.15) is 12.1 Å². The van der Waals surface area contributed by atoms with Crippen LogP contribution in [0.3, 0.4) is 0 Å². The molecule has 3 rings (SSSR count). The number of carboxylic acid groups (broad SMARTS) is 1. The van der Waals surface area contributed by atoms with Crippen LogP contribution in [0.4, 0.5) is 0 Å². The minimum Gasteiger partial charge on any atom is -0.480 e. The van der Waals surface area contributed by atoms with Crippen molar-refractivity contribution in [3.05, 3.63) is 59.2 Å². The predicted molar refractivity (Wildman–Crippen MR) is 115 cm³/mol. The van der Waals surface area contributed by atoms with E-state index in [9.17, 15) is 24.3 Å². The van der Waals surface area contributed by atoms with Crippen LogP contribution in [-0.4, -0.2) is 52.8 Å². The van der Waals surface area contributed by atoms with Gasteiger partial charge >= 0.3 is 5.97 Å². The van der Waals surface area contributed by atoms with Gasteiger partial charge in [-0.15, -0.1) is 0 Å². The van der Waals surface area contributed by atoms with Crippen LogP contribution in [-0.2, 0) is 9.59 Å². The fourth-order valence-corrected chi connectivity index (χ4v) is 3.87. The van der Waals surface area contributed by atoms with E-state index in [1.54, 1.807) is 42.5 Å². The summed E-state index contributed by atoms with van der Waals surface area (Å²) in [5.41, 5.74) is 2.51. The lowest BCUT2D eigenvalue weighted by atomic mass is 9.98. The lowest BCUT2D eigenvalue weighted by molar-refractivity contribution is -0.142. The van der Waals surface area contributed by atoms with E-state index in [1.165, 1.54) is 18.7 Å². The largest absolute Gasteiger partial charge is 0.480 e. The van der Waals surface area contributed by atoms with Crippen LogP contribution in [0, 0.1) is 0 Å². The molecule has 30 heavy (non-hydrogen) atoms. The van der Waals surface area contributed by atoms with Crippen molar-refractivity contribution in [1.29, 1.82) is 0 Å². The molecule has 8 heteroatoms. The molecule has 1 aliphatic carbocycles. The first-order valence-corrected chi connectivity index (χ1v) is 10.8. The summed E-state index contributed by atoms with van der Waals surface area (Å²) in [6, 6.07) is 10.0. The summed E-state index contributed by atoms with van der Waals surface area (Å²) in [4.78, 5) is 49.3. The highest BCUT2D eigenvalue weighted by Crippen LogP contribution is 2.38. The van der Waals surface area contributed by atoms with Gasteiger partial charge in [0.25, 0.3) is 5.91 Å². The Balaban J connectivity index is 1.77. The first-order chi connectivity index (χ1) is 14.3. The van der Waals surface area contributed by atoms with E-state index in [0.717, 1.165) is 0 Å². The molecule has 2 amide bonds. The van der Waals surface area contributed by atoms with E-state index >= 15 is 0 Å². The lowest BCUT2D eigenvalue weighted by Crippen LogP contribution is -2.50. The van der Waals surface area contributed by atoms with Crippen molar-refractivity contribution < 1.29 is 24.3 Å². The van der Waals surface area contributed by atoms with Crippen molar-refractivity contribution in [2.24, 2.45) is 0 Å². The van der Waals surface area contributed by atoms with Crippen molar-refractivity contribution in [3.8, 4) is 11.1 Å². The molecule has 2 aromatic rings. The molecule has 0 bridgehead atoms. The summed E-state index contributed by atoms with van der Waals surface area (Å²) in [5.74, 6) is -1.76. The van der Waals surface area contributed by atoms with Crippen LogP contribution in [0.1, 0.15) is 39.6 Å². The number of amides is 2. The third kappa shape index (κ3) is 4.23. The number of aliphatic carboxylic acids is 1. The fraction of sp³-hybridized carbons (Fsp3) is 0.273. The number of thioether (sulfide) groups is 1. The Morgan fingerprint density at radius 2 is 1.67 bits per heavy atom. The molecule has 0 spiro atoms. The van der Waals surface area contributed by atoms with Gasteiger partial charge in [0.05, 0.1) is 0 Å². The van der Waals surface area contributed by atoms with E-state index < -0.39 is 29.9 Å². The average Bonchev–Trinajstić information content (AvgIpc) is 3.03. The zero-order valence-electron chi connectivity index (χ0n) is 16.6. The molecule has 0 saturated carbocycles. The maximum absolute atomic E-state index is 12.9. The number of hydrogen-bond acceptors (Lipinski definition) is 5. The van der Waals surface area contributed by atoms with Gasteiger partial charge in [-0.3, -0.25) is 14.4 Å². The Morgan fingerprint density at radius 3 is 2.33 bits per heavy atom. The van der Waals surface area contributed by atoms with Crippen molar-refractivity contribution >= 4 is 35.3 Å². The van der Waals surface area contributed by atoms with Crippen LogP contribution in [0.15, 0.2) is 42.5 Å². The van der Waals surface area contributed by atoms with Gasteiger partial charge in [0, 0.05) is 22.3 Å². The second kappa shape index (κ2) is 9.13. The number of rotatable bonds is 8. The number of carbonyl (C=O) groups excluding carboxylic acids is 3. The second-order valence-corrected chi connectivity index (χ2v) is 7.96. The predicted octanol–water partition coefficient (Wildman–Crippen LogP) is 2.34. The summed E-state index contributed by atoms with van der Waals surface area (Å²) in [5, 5.41) is 14.3. The van der Waals surface area contributed by atoms with Crippen LogP contribution in [0.5, 0.6) is 0 Å². The van der Waals surface area contributed by atoms with E-state index in [1.807, 2.05) is 6.26 Å². The highest BCUT2D eigenvalue weighted by Gasteiger charge is 2.31. The normalized spacial score (nSPS) is 13.7. The van der Waals surface area contributed by atoms with Gasteiger partial charge in [-0.05, 0) is 37.0 Å². The summed E-state index contributed by atoms with van der Waals surface area (Å²) in [6.07, 6.45) is 2.14. The summed E-state index contributed by atoms with van der Waals surface area (Å²) in [7, 11) is 0. The number of fused-ring (bicyclic) bond motifs is 3. The lowest BCUT2D eigenvalue weighted by Gasteiger charge is -2.19. The van der Waals surface area contributed by atoms with Gasteiger partial charge in [-0.25, -0.2) is 4.79 Å². The summed E-state index contributed by atoms with van der Waals surface area (Å²) < 4.78 is 0. The van der Waals surface area contributed by atoms with Crippen molar-refractivity contribution in [3.63, 3.8) is 0 Å². The van der Waals surface area contributed by atoms with Crippen molar-refractivity contribution in [2.45, 2.75) is 25.4 Å². The molecule has 0 fully saturated rings. The van der Waals surface area contributed by atoms with E-state index in [4.69, 9.17) is 0 Å². The van der Waals surface area contributed by atoms with Gasteiger partial charge in [0.2, 0.25) is 5.91 Å². The van der Waals surface area contributed by atoms with Crippen LogP contribution in [0.25, 0.3) is 11.1 Å². The molecule has 0 aromatic heterocycles. The van der Waals surface area contributed by atoms with E-state index in [2.05, 4.69) is 10.6 Å². The number of hydrogen-bond donors (Lipinski definition) is 3. The van der Waals surface area contributed by atoms with E-state index in [-0.39, 0.29) is 12.2 Å². The molecule has 2 atom stereocenters. The molecule has 0 radical (unpaired) electrons. The van der Waals surface area contributed by atoms with Crippen molar-refractivity contribution in [2.75, 3.05) is 12.0 Å². The fourth-order valence-electron chi connectivity index (χ4n) is 3.39. The minimum absolute atomic E-state index is 0.140. The Bertz CT molecular complexity index is 1020. The molecule has 0 aliphatic heterocycles. The molecule has 3 N–H and O–H groups in total. The minimum atomic E-state index is -1.12. The van der Waals surface area contributed by atoms with Gasteiger partial charge in [-0.2, -0.15) is 11.8 Å². The number of benzene rings is 2. The second-order valence-electron chi connectivity index (χ2n) is 6.98. The Labute approximate surface area is 178 Å². The monoisotopic (exact) mass is 426 g/mol. The average molecular weight is 426 g/mol. The Hall–Kier alpha value is -3.13. The zero-order valence-corrected chi connectivity index (χ0v) is 17.4. The highest BCUT2D eigenvalue weighted by molar-refractivity contribution is 7.98. The topological polar surface area (TPSA) is 113 Å². The summed E-state index contributed by atoms with van der Waals surface area (Å²) in [6.45, 7) is 1.49. The van der Waals surface area contributed by atoms with Crippen molar-refractivity contribution in [1.82, 2.24) is 10.6 Å².